The van der Waals surface area contributed by atoms with E-state index in [1.807, 2.05) is 25.2 Å². The number of hydrogen-bond donors (Lipinski definition) is 0. The summed E-state index contributed by atoms with van der Waals surface area (Å²) in [5.41, 5.74) is 2.24. The summed E-state index contributed by atoms with van der Waals surface area (Å²) in [6.07, 6.45) is 3.21. The predicted octanol–water partition coefficient (Wildman–Crippen LogP) is 4.14. The average molecular weight is 367 g/mol. The quantitative estimate of drug-likeness (QED) is 0.625. The molecule has 0 fully saturated rings. The molecular formula is C19H23F2NO2S. The van der Waals surface area contributed by atoms with Crippen LogP contribution >= 0.6 is 0 Å². The van der Waals surface area contributed by atoms with Gasteiger partial charge in [-0.2, -0.15) is 8.78 Å². The molecule has 0 aliphatic heterocycles. The first-order valence-corrected chi connectivity index (χ1v) is 9.77. The van der Waals surface area contributed by atoms with E-state index in [9.17, 15) is 17.2 Å². The molecule has 0 spiro atoms. The van der Waals surface area contributed by atoms with Crippen molar-refractivity contribution in [3.05, 3.63) is 65.7 Å². The van der Waals surface area contributed by atoms with Crippen molar-refractivity contribution < 1.29 is 17.2 Å². The minimum absolute atomic E-state index is 0.336. The van der Waals surface area contributed by atoms with E-state index in [0.717, 1.165) is 31.4 Å². The molecule has 0 N–H and O–H groups in total. The van der Waals surface area contributed by atoms with Gasteiger partial charge in [0.05, 0.1) is 4.90 Å². The van der Waals surface area contributed by atoms with Crippen molar-refractivity contribution in [3.63, 3.8) is 0 Å². The fraction of sp³-hybridized carbons (Fsp3) is 0.368. The molecule has 0 saturated carbocycles. The standard InChI is InChI=1S/C19H23F2NO2S/c1-22(14-6-5-9-16-7-3-2-4-8-16)15-17-10-12-18(13-11-17)25(23,24)19(20)21/h2-4,7-8,10-13,19H,5-6,9,14-15H2,1H3. The molecule has 0 amide bonds. The molecule has 0 bridgehead atoms. The van der Waals surface area contributed by atoms with Crippen molar-refractivity contribution in [3.8, 4) is 0 Å². The number of nitrogens with zero attached hydrogens (tertiary/aromatic N) is 1. The summed E-state index contributed by atoms with van der Waals surface area (Å²) < 4.78 is 47.8. The number of unbranched alkanes of at least 4 members (excludes halogenated alkanes) is 1. The van der Waals surface area contributed by atoms with Crippen molar-refractivity contribution in [2.75, 3.05) is 13.6 Å². The van der Waals surface area contributed by atoms with Gasteiger partial charge in [0.2, 0.25) is 9.84 Å². The third-order valence-corrected chi connectivity index (χ3v) is 5.44. The molecular weight excluding hydrogens is 344 g/mol. The lowest BCUT2D eigenvalue weighted by Gasteiger charge is -2.17. The first-order chi connectivity index (χ1) is 11.9. The van der Waals surface area contributed by atoms with Crippen LogP contribution in [0, 0.1) is 0 Å². The van der Waals surface area contributed by atoms with E-state index in [-0.39, 0.29) is 4.90 Å². The molecule has 0 heterocycles. The normalized spacial score (nSPS) is 12.0. The summed E-state index contributed by atoms with van der Waals surface area (Å²) in [5.74, 6) is -3.38. The maximum atomic E-state index is 12.5. The van der Waals surface area contributed by atoms with Gasteiger partial charge < -0.3 is 4.90 Å². The van der Waals surface area contributed by atoms with E-state index >= 15 is 0 Å². The lowest BCUT2D eigenvalue weighted by molar-refractivity contribution is 0.234. The average Bonchev–Trinajstić information content (AvgIpc) is 2.60. The van der Waals surface area contributed by atoms with Gasteiger partial charge >= 0.3 is 5.76 Å². The minimum Gasteiger partial charge on any atom is -0.302 e. The van der Waals surface area contributed by atoms with Crippen LogP contribution in [0.15, 0.2) is 59.5 Å². The van der Waals surface area contributed by atoms with E-state index < -0.39 is 15.6 Å². The molecule has 3 nitrogen and oxygen atoms in total. The Morgan fingerprint density at radius 3 is 2.16 bits per heavy atom. The van der Waals surface area contributed by atoms with Gasteiger partial charge in [-0.25, -0.2) is 8.42 Å². The van der Waals surface area contributed by atoms with E-state index in [1.54, 1.807) is 12.1 Å². The van der Waals surface area contributed by atoms with Gasteiger partial charge in [-0.1, -0.05) is 42.5 Å². The summed E-state index contributed by atoms with van der Waals surface area (Å²) >= 11 is 0. The van der Waals surface area contributed by atoms with E-state index in [2.05, 4.69) is 17.0 Å². The molecule has 0 saturated heterocycles. The van der Waals surface area contributed by atoms with Crippen LogP contribution in [-0.4, -0.2) is 32.7 Å². The first kappa shape index (κ1) is 19.5. The van der Waals surface area contributed by atoms with Crippen LogP contribution in [0.3, 0.4) is 0 Å². The Bertz CT molecular complexity index is 747. The van der Waals surface area contributed by atoms with Crippen molar-refractivity contribution >= 4 is 9.84 Å². The Kier molecular flexibility index (Phi) is 7.08. The molecule has 2 aromatic rings. The fourth-order valence-corrected chi connectivity index (χ4v) is 3.35. The topological polar surface area (TPSA) is 37.4 Å². The summed E-state index contributed by atoms with van der Waals surface area (Å²) in [6.45, 7) is 1.57. The van der Waals surface area contributed by atoms with Crippen molar-refractivity contribution in [2.45, 2.75) is 36.5 Å². The van der Waals surface area contributed by atoms with Crippen molar-refractivity contribution in [2.24, 2.45) is 0 Å². The second-order valence-corrected chi connectivity index (χ2v) is 8.05. The highest BCUT2D eigenvalue weighted by atomic mass is 32.2. The molecule has 136 valence electrons. The number of hydrogen-bond acceptors (Lipinski definition) is 3. The Morgan fingerprint density at radius 1 is 0.920 bits per heavy atom. The SMILES string of the molecule is CN(CCCCc1ccccc1)Cc1ccc(S(=O)(=O)C(F)F)cc1. The van der Waals surface area contributed by atoms with Gasteiger partial charge in [-0.3, -0.25) is 0 Å². The van der Waals surface area contributed by atoms with Crippen molar-refractivity contribution in [1.82, 2.24) is 4.90 Å². The minimum atomic E-state index is -4.51. The van der Waals surface area contributed by atoms with Crippen molar-refractivity contribution in [1.29, 1.82) is 0 Å². The highest BCUT2D eigenvalue weighted by Crippen LogP contribution is 2.19. The number of rotatable bonds is 9. The second-order valence-electron chi connectivity index (χ2n) is 6.13. The van der Waals surface area contributed by atoms with Gasteiger partial charge in [-0.05, 0) is 56.1 Å². The number of aryl methyl sites for hydroxylation is 1. The third kappa shape index (κ3) is 5.90. The van der Waals surface area contributed by atoms with Crippen LogP contribution in [0.2, 0.25) is 0 Å². The van der Waals surface area contributed by atoms with E-state index in [1.165, 1.54) is 17.7 Å². The number of benzene rings is 2. The summed E-state index contributed by atoms with van der Waals surface area (Å²) in [6, 6.07) is 16.0. The Hall–Kier alpha value is -1.79. The van der Waals surface area contributed by atoms with Gasteiger partial charge in [-0.15, -0.1) is 0 Å². The summed E-state index contributed by atoms with van der Waals surface area (Å²) in [7, 11) is -2.52. The van der Waals surface area contributed by atoms with Gasteiger partial charge in [0.25, 0.3) is 0 Å². The first-order valence-electron chi connectivity index (χ1n) is 8.23. The number of halogens is 2. The summed E-state index contributed by atoms with van der Waals surface area (Å²) in [4.78, 5) is 1.80. The molecule has 0 aliphatic rings. The van der Waals surface area contributed by atoms with Crippen LogP contribution in [0.4, 0.5) is 8.78 Å². The smallest absolute Gasteiger partial charge is 0.302 e. The van der Waals surface area contributed by atoms with Crippen LogP contribution in [0.25, 0.3) is 0 Å². The Balaban J connectivity index is 1.78. The zero-order valence-electron chi connectivity index (χ0n) is 14.2. The molecule has 0 atom stereocenters. The third-order valence-electron chi connectivity index (χ3n) is 4.04. The maximum absolute atomic E-state index is 12.5. The second kappa shape index (κ2) is 9.06. The largest absolute Gasteiger partial charge is 0.341 e. The molecule has 25 heavy (non-hydrogen) atoms. The molecule has 0 radical (unpaired) electrons. The highest BCUT2D eigenvalue weighted by Gasteiger charge is 2.26. The highest BCUT2D eigenvalue weighted by molar-refractivity contribution is 7.91. The lowest BCUT2D eigenvalue weighted by Crippen LogP contribution is -2.19. The zero-order valence-corrected chi connectivity index (χ0v) is 15.1. The van der Waals surface area contributed by atoms with Gasteiger partial charge in [0.1, 0.15) is 0 Å². The van der Waals surface area contributed by atoms with Crippen LogP contribution < -0.4 is 0 Å². The molecule has 2 rings (SSSR count). The summed E-state index contributed by atoms with van der Waals surface area (Å²) in [5, 5.41) is 0. The Labute approximate surface area is 148 Å². The Morgan fingerprint density at radius 2 is 1.56 bits per heavy atom. The van der Waals surface area contributed by atoms with E-state index in [0.29, 0.717) is 6.54 Å². The zero-order chi connectivity index (χ0) is 18.3. The molecule has 2 aromatic carbocycles. The van der Waals surface area contributed by atoms with Crippen LogP contribution in [-0.2, 0) is 22.8 Å². The van der Waals surface area contributed by atoms with Gasteiger partial charge in [0, 0.05) is 6.54 Å². The lowest BCUT2D eigenvalue weighted by atomic mass is 10.1. The van der Waals surface area contributed by atoms with Crippen LogP contribution in [0.1, 0.15) is 24.0 Å². The number of alkyl halides is 2. The molecule has 0 aliphatic carbocycles. The fourth-order valence-electron chi connectivity index (χ4n) is 2.63. The predicted molar refractivity (Wildman–Crippen MR) is 95.3 cm³/mol. The monoisotopic (exact) mass is 367 g/mol. The maximum Gasteiger partial charge on any atom is 0.341 e. The van der Waals surface area contributed by atoms with E-state index in [4.69, 9.17) is 0 Å². The number of sulfone groups is 1. The van der Waals surface area contributed by atoms with Crippen LogP contribution in [0.5, 0.6) is 0 Å². The molecule has 0 aromatic heterocycles. The molecule has 0 unspecified atom stereocenters. The van der Waals surface area contributed by atoms with Gasteiger partial charge in [0.15, 0.2) is 0 Å². The molecule has 6 heteroatoms.